The molecule has 0 bridgehead atoms. The summed E-state index contributed by atoms with van der Waals surface area (Å²) in [5, 5.41) is 15.4. The van der Waals surface area contributed by atoms with Crippen LogP contribution in [0.3, 0.4) is 0 Å². The Labute approximate surface area is 348 Å². The summed E-state index contributed by atoms with van der Waals surface area (Å²) in [5.74, 6) is -2.22. The van der Waals surface area contributed by atoms with Crippen LogP contribution in [0.4, 0.5) is 8.78 Å². The van der Waals surface area contributed by atoms with Gasteiger partial charge in [-0.2, -0.15) is 0 Å². The predicted octanol–water partition coefficient (Wildman–Crippen LogP) is 11.0. The number of benzene rings is 6. The largest absolute Gasteiger partial charge is 0.478 e. The lowest BCUT2D eigenvalue weighted by atomic mass is 10.1. The molecule has 2 amide bonds. The number of carboxylic acid groups (broad SMARTS) is 1. The van der Waals surface area contributed by atoms with Gasteiger partial charge in [-0.3, -0.25) is 9.59 Å². The van der Waals surface area contributed by atoms with Gasteiger partial charge >= 0.3 is 11.9 Å². The fourth-order valence-electron chi connectivity index (χ4n) is 5.51. The third kappa shape index (κ3) is 12.1. The summed E-state index contributed by atoms with van der Waals surface area (Å²) >= 11 is 12.1. The van der Waals surface area contributed by atoms with Gasteiger partial charge in [0.05, 0.1) is 41.4 Å². The first kappa shape index (κ1) is 43.4. The molecule has 0 aliphatic heterocycles. The number of aromatic carboxylic acids is 1. The van der Waals surface area contributed by atoms with Crippen LogP contribution in [0, 0.1) is 11.6 Å². The van der Waals surface area contributed by atoms with Gasteiger partial charge in [-0.15, -0.1) is 0 Å². The minimum absolute atomic E-state index is 0.160. The molecule has 6 aromatic rings. The molecule has 2 atom stereocenters. The Morgan fingerprint density at radius 3 is 1.36 bits per heavy atom. The van der Waals surface area contributed by atoms with Gasteiger partial charge in [0.2, 0.25) is 0 Å². The highest BCUT2D eigenvalue weighted by molar-refractivity contribution is 6.31. The second kappa shape index (κ2) is 20.1. The van der Waals surface area contributed by atoms with Crippen LogP contribution in [0.15, 0.2) is 133 Å². The normalized spacial score (nSPS) is 11.5. The summed E-state index contributed by atoms with van der Waals surface area (Å²) in [6.07, 6.45) is 0. The van der Waals surface area contributed by atoms with Crippen LogP contribution in [-0.4, -0.2) is 36.0 Å². The van der Waals surface area contributed by atoms with E-state index in [0.717, 1.165) is 11.1 Å². The maximum absolute atomic E-state index is 13.4. The van der Waals surface area contributed by atoms with Gasteiger partial charge in [0.15, 0.2) is 0 Å². The topological polar surface area (TPSA) is 140 Å². The molecule has 6 aromatic carbocycles. The molecule has 0 saturated carbocycles. The zero-order chi connectivity index (χ0) is 42.6. The second-order valence-electron chi connectivity index (χ2n) is 12.8. The monoisotopic (exact) mass is 840 g/mol. The molecule has 0 spiro atoms. The summed E-state index contributed by atoms with van der Waals surface area (Å²) in [6.45, 7) is 3.58. The van der Waals surface area contributed by atoms with Gasteiger partial charge in [0.1, 0.15) is 34.6 Å². The van der Waals surface area contributed by atoms with Crippen molar-refractivity contribution in [2.24, 2.45) is 0 Å². The molecule has 0 aromatic heterocycles. The second-order valence-corrected chi connectivity index (χ2v) is 13.7. The van der Waals surface area contributed by atoms with Crippen molar-refractivity contribution in [3.05, 3.63) is 189 Å². The first-order chi connectivity index (χ1) is 28.2. The zero-order valence-electron chi connectivity index (χ0n) is 31.7. The van der Waals surface area contributed by atoms with Crippen molar-refractivity contribution >= 4 is 47.0 Å². The molecule has 0 aliphatic carbocycles. The minimum atomic E-state index is -1.02. The van der Waals surface area contributed by atoms with E-state index >= 15 is 0 Å². The minimum Gasteiger partial charge on any atom is -0.478 e. The fraction of sp³-hybridized carbons (Fsp3) is 0.111. The molecule has 0 aliphatic rings. The van der Waals surface area contributed by atoms with Crippen LogP contribution in [0.25, 0.3) is 0 Å². The smallest absolute Gasteiger partial charge is 0.337 e. The van der Waals surface area contributed by atoms with Gasteiger partial charge < -0.3 is 30.0 Å². The van der Waals surface area contributed by atoms with Crippen molar-refractivity contribution in [2.45, 2.75) is 25.9 Å². The third-order valence-corrected chi connectivity index (χ3v) is 9.08. The Balaban J connectivity index is 0.000000224. The van der Waals surface area contributed by atoms with Crippen LogP contribution in [0.1, 0.15) is 78.5 Å². The maximum Gasteiger partial charge on any atom is 0.337 e. The lowest BCUT2D eigenvalue weighted by Gasteiger charge is -2.17. The number of ether oxygens (including phenoxy) is 3. The first-order valence-corrected chi connectivity index (χ1v) is 18.6. The molecule has 0 unspecified atom stereocenters. The number of carbonyl (C=O) groups excluding carboxylic acids is 3. The van der Waals surface area contributed by atoms with E-state index in [-0.39, 0.29) is 45.7 Å². The van der Waals surface area contributed by atoms with Crippen molar-refractivity contribution in [1.29, 1.82) is 0 Å². The highest BCUT2D eigenvalue weighted by Gasteiger charge is 2.20. The summed E-state index contributed by atoms with van der Waals surface area (Å²) < 4.78 is 42.9. The maximum atomic E-state index is 13.4. The van der Waals surface area contributed by atoms with Crippen LogP contribution in [0.2, 0.25) is 10.0 Å². The lowest BCUT2D eigenvalue weighted by Crippen LogP contribution is -2.27. The molecule has 0 fully saturated rings. The average molecular weight is 842 g/mol. The van der Waals surface area contributed by atoms with Crippen LogP contribution < -0.4 is 20.1 Å². The lowest BCUT2D eigenvalue weighted by molar-refractivity contribution is 0.0599. The van der Waals surface area contributed by atoms with E-state index in [0.29, 0.717) is 15.6 Å². The number of rotatable bonds is 12. The average Bonchev–Trinajstić information content (AvgIpc) is 3.22. The van der Waals surface area contributed by atoms with E-state index in [4.69, 9.17) is 37.8 Å². The van der Waals surface area contributed by atoms with Crippen molar-refractivity contribution in [3.63, 3.8) is 0 Å². The van der Waals surface area contributed by atoms with Gasteiger partial charge in [-0.1, -0.05) is 59.6 Å². The molecule has 10 nitrogen and oxygen atoms in total. The van der Waals surface area contributed by atoms with Gasteiger partial charge in [0.25, 0.3) is 11.8 Å². The molecule has 302 valence electrons. The molecular formula is C45H36Cl2F2N2O8. The molecule has 3 N–H and O–H groups in total. The van der Waals surface area contributed by atoms with Crippen molar-refractivity contribution < 1.29 is 47.3 Å². The number of halogens is 4. The summed E-state index contributed by atoms with van der Waals surface area (Å²) in [7, 11) is 1.31. The SMILES string of the molecule is COC(=O)c1ccc([C@H](C)NC(=O)c2cc(Cl)ccc2Oc2cccc(F)c2)cc1.C[C@H](NC(=O)c1cc(Cl)ccc1Oc1cccc(F)c1)c1ccc(C(=O)O)cc1. The number of hydrogen-bond acceptors (Lipinski definition) is 7. The quantitative estimate of drug-likeness (QED) is 0.103. The number of methoxy groups -OCH3 is 1. The molecular weight excluding hydrogens is 805 g/mol. The van der Waals surface area contributed by atoms with E-state index < -0.39 is 41.4 Å². The third-order valence-electron chi connectivity index (χ3n) is 8.60. The molecule has 59 heavy (non-hydrogen) atoms. The summed E-state index contributed by atoms with van der Waals surface area (Å²) in [6, 6.07) is 32.6. The summed E-state index contributed by atoms with van der Waals surface area (Å²) in [4.78, 5) is 48.2. The Hall–Kier alpha value is -6.76. The van der Waals surface area contributed by atoms with Crippen molar-refractivity contribution in [2.75, 3.05) is 7.11 Å². The molecule has 6 rings (SSSR count). The highest BCUT2D eigenvalue weighted by Crippen LogP contribution is 2.31. The molecule has 14 heteroatoms. The van der Waals surface area contributed by atoms with Gasteiger partial charge in [-0.05, 0) is 110 Å². The highest BCUT2D eigenvalue weighted by atomic mass is 35.5. The van der Waals surface area contributed by atoms with Gasteiger partial charge in [-0.25, -0.2) is 18.4 Å². The number of amides is 2. The Morgan fingerprint density at radius 1 is 0.576 bits per heavy atom. The number of carbonyl (C=O) groups is 4. The number of esters is 1. The van der Waals surface area contributed by atoms with Crippen LogP contribution in [0.5, 0.6) is 23.0 Å². The van der Waals surface area contributed by atoms with E-state index in [1.165, 1.54) is 73.8 Å². The Morgan fingerprint density at radius 2 is 0.983 bits per heavy atom. The number of hydrogen-bond donors (Lipinski definition) is 3. The Bertz CT molecular complexity index is 2460. The van der Waals surface area contributed by atoms with Crippen molar-refractivity contribution in [3.8, 4) is 23.0 Å². The van der Waals surface area contributed by atoms with E-state index in [1.807, 2.05) is 6.92 Å². The fourth-order valence-corrected chi connectivity index (χ4v) is 5.85. The number of nitrogens with one attached hydrogen (secondary N) is 2. The molecule has 0 radical (unpaired) electrons. The van der Waals surface area contributed by atoms with Crippen molar-refractivity contribution in [1.82, 2.24) is 10.6 Å². The molecule has 0 saturated heterocycles. The Kier molecular flexibility index (Phi) is 14.8. The predicted molar refractivity (Wildman–Crippen MR) is 219 cm³/mol. The van der Waals surface area contributed by atoms with E-state index in [9.17, 15) is 28.0 Å². The zero-order valence-corrected chi connectivity index (χ0v) is 33.2. The standard InChI is InChI=1S/C23H19ClFNO4.C22H17ClFNO4/c1-14(15-6-8-16(9-7-15)23(28)29-2)26-22(27)20-12-17(24)10-11-21(20)30-19-5-3-4-18(25)13-19;1-13(14-5-7-15(8-6-14)22(27)28)25-21(26)19-11-16(23)9-10-20(19)29-18-4-2-3-17(24)12-18/h3-14H,1-2H3,(H,26,27);2-13H,1H3,(H,25,26)(H,27,28)/t14-;13-/m00/s1. The summed E-state index contributed by atoms with van der Waals surface area (Å²) in [5.41, 5.74) is 2.51. The van der Waals surface area contributed by atoms with Gasteiger partial charge in [0, 0.05) is 22.2 Å². The first-order valence-electron chi connectivity index (χ1n) is 17.8. The van der Waals surface area contributed by atoms with Crippen LogP contribution in [-0.2, 0) is 4.74 Å². The van der Waals surface area contributed by atoms with E-state index in [1.54, 1.807) is 73.7 Å². The van der Waals surface area contributed by atoms with Crippen LogP contribution >= 0.6 is 23.2 Å². The number of carboxylic acids is 1. The van der Waals surface area contributed by atoms with E-state index in [2.05, 4.69) is 15.4 Å². The molecule has 0 heterocycles.